The molecule has 2 rings (SSSR count). The third-order valence-electron chi connectivity index (χ3n) is 2.95. The van der Waals surface area contributed by atoms with E-state index in [0.29, 0.717) is 11.9 Å². The molecule has 1 aliphatic rings. The Balaban J connectivity index is 1.88. The highest BCUT2D eigenvalue weighted by atomic mass is 15.3. The zero-order chi connectivity index (χ0) is 13.0. The second-order valence-corrected chi connectivity index (χ2v) is 4.69. The largest absolute Gasteiger partial charge is 0.368 e. The van der Waals surface area contributed by atoms with E-state index >= 15 is 0 Å². The highest BCUT2D eigenvalue weighted by Crippen LogP contribution is 2.09. The van der Waals surface area contributed by atoms with Crippen LogP contribution in [0.25, 0.3) is 0 Å². The molecule has 0 aliphatic carbocycles. The zero-order valence-corrected chi connectivity index (χ0v) is 11.1. The molecule has 0 aromatic carbocycles. The number of hydrogen-bond acceptors (Lipinski definition) is 7. The molecule has 18 heavy (non-hydrogen) atoms. The summed E-state index contributed by atoms with van der Waals surface area (Å²) in [5.41, 5.74) is 5.65. The van der Waals surface area contributed by atoms with Crippen LogP contribution in [0, 0.1) is 0 Å². The molecule has 7 nitrogen and oxygen atoms in total. The van der Waals surface area contributed by atoms with Crippen molar-refractivity contribution in [2.24, 2.45) is 0 Å². The Labute approximate surface area is 107 Å². The van der Waals surface area contributed by atoms with Crippen molar-refractivity contribution in [2.75, 3.05) is 56.2 Å². The zero-order valence-electron chi connectivity index (χ0n) is 11.1. The molecule has 100 valence electrons. The minimum Gasteiger partial charge on any atom is -0.368 e. The van der Waals surface area contributed by atoms with E-state index in [1.165, 1.54) is 25.9 Å². The standard InChI is InChI=1S/C11H21N7/c1-17(2)11-15-9(12)14-10(16-11)13-5-8-18-6-3-4-7-18/h3-8H2,1-2H3,(H3,12,13,14,15,16). The summed E-state index contributed by atoms with van der Waals surface area (Å²) < 4.78 is 0. The van der Waals surface area contributed by atoms with Crippen LogP contribution in [0.1, 0.15) is 12.8 Å². The van der Waals surface area contributed by atoms with Gasteiger partial charge in [0.2, 0.25) is 17.8 Å². The first-order chi connectivity index (χ1) is 8.65. The number of rotatable bonds is 5. The normalized spacial score (nSPS) is 15.9. The van der Waals surface area contributed by atoms with Crippen molar-refractivity contribution in [1.29, 1.82) is 0 Å². The van der Waals surface area contributed by atoms with Gasteiger partial charge < -0.3 is 20.9 Å². The summed E-state index contributed by atoms with van der Waals surface area (Å²) in [5.74, 6) is 1.37. The van der Waals surface area contributed by atoms with Crippen molar-refractivity contribution in [2.45, 2.75) is 12.8 Å². The maximum absolute atomic E-state index is 5.65. The molecule has 0 radical (unpaired) electrons. The quantitative estimate of drug-likeness (QED) is 0.763. The van der Waals surface area contributed by atoms with Gasteiger partial charge in [0.1, 0.15) is 0 Å². The van der Waals surface area contributed by atoms with Gasteiger partial charge in [0.05, 0.1) is 0 Å². The predicted molar refractivity (Wildman–Crippen MR) is 72.7 cm³/mol. The smallest absolute Gasteiger partial charge is 0.231 e. The Morgan fingerprint density at radius 3 is 2.61 bits per heavy atom. The highest BCUT2D eigenvalue weighted by molar-refractivity contribution is 5.40. The number of nitrogens with zero attached hydrogens (tertiary/aromatic N) is 5. The number of hydrogen-bond donors (Lipinski definition) is 2. The summed E-state index contributed by atoms with van der Waals surface area (Å²) in [6.07, 6.45) is 2.62. The Morgan fingerprint density at radius 2 is 1.94 bits per heavy atom. The third kappa shape index (κ3) is 3.43. The monoisotopic (exact) mass is 251 g/mol. The number of anilines is 3. The molecule has 0 atom stereocenters. The average molecular weight is 251 g/mol. The van der Waals surface area contributed by atoms with Crippen LogP contribution in [-0.2, 0) is 0 Å². The van der Waals surface area contributed by atoms with E-state index in [9.17, 15) is 0 Å². The molecule has 0 bridgehead atoms. The van der Waals surface area contributed by atoms with Gasteiger partial charge in [-0.3, -0.25) is 0 Å². The first-order valence-electron chi connectivity index (χ1n) is 6.30. The highest BCUT2D eigenvalue weighted by Gasteiger charge is 2.11. The summed E-state index contributed by atoms with van der Waals surface area (Å²) >= 11 is 0. The van der Waals surface area contributed by atoms with E-state index < -0.39 is 0 Å². The molecule has 0 spiro atoms. The van der Waals surface area contributed by atoms with Gasteiger partial charge in [-0.15, -0.1) is 0 Å². The van der Waals surface area contributed by atoms with E-state index in [-0.39, 0.29) is 5.95 Å². The number of nitrogen functional groups attached to an aromatic ring is 1. The van der Waals surface area contributed by atoms with Gasteiger partial charge in [0.15, 0.2) is 0 Å². The summed E-state index contributed by atoms with van der Waals surface area (Å²) in [6, 6.07) is 0. The van der Waals surface area contributed by atoms with Gasteiger partial charge >= 0.3 is 0 Å². The fraction of sp³-hybridized carbons (Fsp3) is 0.727. The van der Waals surface area contributed by atoms with E-state index in [1.54, 1.807) is 0 Å². The second-order valence-electron chi connectivity index (χ2n) is 4.69. The fourth-order valence-corrected chi connectivity index (χ4v) is 1.99. The van der Waals surface area contributed by atoms with Crippen molar-refractivity contribution < 1.29 is 0 Å². The minimum absolute atomic E-state index is 0.248. The molecule has 0 amide bonds. The molecule has 1 saturated heterocycles. The molecular formula is C11H21N7. The first-order valence-corrected chi connectivity index (χ1v) is 6.30. The predicted octanol–water partition coefficient (Wildman–Crippen LogP) is 0.0275. The number of likely N-dealkylation sites (tertiary alicyclic amines) is 1. The number of aromatic nitrogens is 3. The van der Waals surface area contributed by atoms with Crippen LogP contribution in [0.3, 0.4) is 0 Å². The third-order valence-corrected chi connectivity index (χ3v) is 2.95. The Morgan fingerprint density at radius 1 is 1.22 bits per heavy atom. The van der Waals surface area contributed by atoms with Crippen molar-refractivity contribution in [1.82, 2.24) is 19.9 Å². The van der Waals surface area contributed by atoms with Gasteiger partial charge in [0, 0.05) is 27.2 Å². The van der Waals surface area contributed by atoms with Crippen LogP contribution in [0.5, 0.6) is 0 Å². The van der Waals surface area contributed by atoms with Gasteiger partial charge in [-0.1, -0.05) is 0 Å². The maximum Gasteiger partial charge on any atom is 0.231 e. The summed E-state index contributed by atoms with van der Waals surface area (Å²) in [7, 11) is 3.76. The molecule has 2 heterocycles. The van der Waals surface area contributed by atoms with E-state index in [2.05, 4.69) is 25.2 Å². The van der Waals surface area contributed by atoms with Crippen molar-refractivity contribution in [3.8, 4) is 0 Å². The topological polar surface area (TPSA) is 83.2 Å². The lowest BCUT2D eigenvalue weighted by Gasteiger charge is -2.15. The number of nitrogens with two attached hydrogens (primary N) is 1. The lowest BCUT2D eigenvalue weighted by molar-refractivity contribution is 0.352. The molecule has 1 fully saturated rings. The van der Waals surface area contributed by atoms with Crippen LogP contribution < -0.4 is 16.0 Å². The molecule has 7 heteroatoms. The molecule has 1 aromatic rings. The van der Waals surface area contributed by atoms with Gasteiger partial charge in [0.25, 0.3) is 0 Å². The molecule has 0 unspecified atom stereocenters. The SMILES string of the molecule is CN(C)c1nc(N)nc(NCCN2CCCC2)n1. The van der Waals surface area contributed by atoms with Crippen LogP contribution in [0.2, 0.25) is 0 Å². The van der Waals surface area contributed by atoms with Crippen LogP contribution in [-0.4, -0.2) is 60.1 Å². The van der Waals surface area contributed by atoms with E-state index in [1.807, 2.05) is 19.0 Å². The van der Waals surface area contributed by atoms with Gasteiger partial charge in [-0.05, 0) is 25.9 Å². The lowest BCUT2D eigenvalue weighted by Crippen LogP contribution is -2.26. The molecular weight excluding hydrogens is 230 g/mol. The summed E-state index contributed by atoms with van der Waals surface area (Å²) in [5, 5.41) is 3.20. The van der Waals surface area contributed by atoms with E-state index in [0.717, 1.165) is 13.1 Å². The van der Waals surface area contributed by atoms with Crippen molar-refractivity contribution >= 4 is 17.8 Å². The van der Waals surface area contributed by atoms with Crippen LogP contribution in [0.4, 0.5) is 17.8 Å². The van der Waals surface area contributed by atoms with E-state index in [4.69, 9.17) is 5.73 Å². The molecule has 0 saturated carbocycles. The van der Waals surface area contributed by atoms with Crippen molar-refractivity contribution in [3.05, 3.63) is 0 Å². The first kappa shape index (κ1) is 12.8. The summed E-state index contributed by atoms with van der Waals surface area (Å²) in [4.78, 5) is 16.7. The van der Waals surface area contributed by atoms with Crippen molar-refractivity contribution in [3.63, 3.8) is 0 Å². The van der Waals surface area contributed by atoms with Crippen LogP contribution in [0.15, 0.2) is 0 Å². The lowest BCUT2D eigenvalue weighted by atomic mass is 10.4. The second kappa shape index (κ2) is 5.81. The Hall–Kier alpha value is -1.63. The Kier molecular flexibility index (Phi) is 4.14. The molecule has 1 aliphatic heterocycles. The molecule has 1 aromatic heterocycles. The Bertz CT molecular complexity index is 387. The number of nitrogens with one attached hydrogen (secondary N) is 1. The van der Waals surface area contributed by atoms with Gasteiger partial charge in [-0.25, -0.2) is 0 Å². The maximum atomic E-state index is 5.65. The average Bonchev–Trinajstić information content (AvgIpc) is 2.81. The van der Waals surface area contributed by atoms with Crippen LogP contribution >= 0.6 is 0 Å². The minimum atomic E-state index is 0.248. The fourth-order valence-electron chi connectivity index (χ4n) is 1.99. The molecule has 3 N–H and O–H groups in total. The van der Waals surface area contributed by atoms with Gasteiger partial charge in [-0.2, -0.15) is 15.0 Å². The summed E-state index contributed by atoms with van der Waals surface area (Å²) in [6.45, 7) is 4.24.